The van der Waals surface area contributed by atoms with Gasteiger partial charge in [0.15, 0.2) is 0 Å². The van der Waals surface area contributed by atoms with Crippen LogP contribution in [0, 0.1) is 5.41 Å². The van der Waals surface area contributed by atoms with Crippen LogP contribution in [0.1, 0.15) is 59.9 Å². The third-order valence-electron chi connectivity index (χ3n) is 4.16. The number of benzene rings is 1. The molecule has 0 fully saturated rings. The van der Waals surface area contributed by atoms with Crippen molar-refractivity contribution in [3.05, 3.63) is 29.8 Å². The molecule has 0 atom stereocenters. The van der Waals surface area contributed by atoms with E-state index in [1.165, 1.54) is 5.56 Å². The number of hydrogen-bond acceptors (Lipinski definition) is 4. The summed E-state index contributed by atoms with van der Waals surface area (Å²) in [6.07, 6.45) is 1.94. The van der Waals surface area contributed by atoms with Gasteiger partial charge >= 0.3 is 0 Å². The first-order chi connectivity index (χ1) is 12.7. The summed E-state index contributed by atoms with van der Waals surface area (Å²) in [5.74, 6) is 0.915. The zero-order valence-corrected chi connectivity index (χ0v) is 18.3. The van der Waals surface area contributed by atoms with Crippen molar-refractivity contribution in [1.29, 1.82) is 0 Å². The monoisotopic (exact) mass is 380 g/mol. The van der Waals surface area contributed by atoms with Crippen LogP contribution in [0.4, 0.5) is 0 Å². The molecule has 0 amide bonds. The van der Waals surface area contributed by atoms with E-state index in [0.717, 1.165) is 25.2 Å². The van der Waals surface area contributed by atoms with E-state index >= 15 is 0 Å². The minimum Gasteiger partial charge on any atom is -0.494 e. The summed E-state index contributed by atoms with van der Waals surface area (Å²) < 4.78 is 22.4. The molecule has 0 heterocycles. The van der Waals surface area contributed by atoms with E-state index in [4.69, 9.17) is 18.9 Å². The fraction of sp³-hybridized carbons (Fsp3) is 0.739. The van der Waals surface area contributed by atoms with Crippen molar-refractivity contribution < 1.29 is 18.9 Å². The van der Waals surface area contributed by atoms with Gasteiger partial charge in [-0.25, -0.2) is 0 Å². The Labute approximate surface area is 166 Å². The lowest BCUT2D eigenvalue weighted by Gasteiger charge is -2.19. The van der Waals surface area contributed by atoms with E-state index < -0.39 is 0 Å². The van der Waals surface area contributed by atoms with Gasteiger partial charge in [0.1, 0.15) is 5.75 Å². The van der Waals surface area contributed by atoms with Crippen molar-refractivity contribution in [2.24, 2.45) is 5.41 Å². The number of rotatable bonds is 13. The highest BCUT2D eigenvalue weighted by molar-refractivity contribution is 5.31. The molecule has 156 valence electrons. The normalized spacial score (nSPS) is 12.4. The summed E-state index contributed by atoms with van der Waals surface area (Å²) in [5, 5.41) is 0. The fourth-order valence-corrected chi connectivity index (χ4v) is 2.32. The van der Waals surface area contributed by atoms with Crippen LogP contribution in [0.2, 0.25) is 0 Å². The van der Waals surface area contributed by atoms with Crippen molar-refractivity contribution in [3.63, 3.8) is 0 Å². The third-order valence-corrected chi connectivity index (χ3v) is 4.16. The van der Waals surface area contributed by atoms with Crippen molar-refractivity contribution in [2.75, 3.05) is 46.2 Å². The summed E-state index contributed by atoms with van der Waals surface area (Å²) in [5.41, 5.74) is 1.82. The number of ether oxygens (including phenoxy) is 4. The highest BCUT2D eigenvalue weighted by Gasteiger charge is 2.12. The smallest absolute Gasteiger partial charge is 0.119 e. The van der Waals surface area contributed by atoms with E-state index in [0.29, 0.717) is 45.1 Å². The molecule has 0 aromatic heterocycles. The molecule has 0 bridgehead atoms. The average Bonchev–Trinajstić information content (AvgIpc) is 2.57. The van der Waals surface area contributed by atoms with Crippen LogP contribution in [0.5, 0.6) is 5.75 Å². The second-order valence-corrected chi connectivity index (χ2v) is 9.12. The van der Waals surface area contributed by atoms with Gasteiger partial charge < -0.3 is 18.9 Å². The molecule has 0 spiro atoms. The standard InChI is InChI=1S/C23H40O4/c1-22(2,3)12-15-25-17-19-26-18-16-24-13-7-14-27-21-10-8-20(9-11-21)23(4,5)6/h8-11H,7,12-19H2,1-6H3. The molecule has 1 aromatic rings. The molecular weight excluding hydrogens is 340 g/mol. The molecular formula is C23H40O4. The van der Waals surface area contributed by atoms with Crippen LogP contribution in [0.25, 0.3) is 0 Å². The Balaban J connectivity index is 1.91. The van der Waals surface area contributed by atoms with E-state index in [9.17, 15) is 0 Å². The van der Waals surface area contributed by atoms with Gasteiger partial charge in [0, 0.05) is 19.6 Å². The molecule has 0 saturated carbocycles. The van der Waals surface area contributed by atoms with Crippen LogP contribution in [-0.2, 0) is 19.6 Å². The lowest BCUT2D eigenvalue weighted by atomic mass is 9.87. The van der Waals surface area contributed by atoms with Gasteiger partial charge in [0.25, 0.3) is 0 Å². The van der Waals surface area contributed by atoms with E-state index in [2.05, 4.69) is 53.7 Å². The molecule has 0 aliphatic rings. The molecule has 1 rings (SSSR count). The molecule has 0 unspecified atom stereocenters. The Morgan fingerprint density at radius 1 is 0.630 bits per heavy atom. The molecule has 1 aromatic carbocycles. The Hall–Kier alpha value is -1.10. The van der Waals surface area contributed by atoms with Gasteiger partial charge in [-0.2, -0.15) is 0 Å². The Morgan fingerprint density at radius 2 is 1.15 bits per heavy atom. The highest BCUT2D eigenvalue weighted by Crippen LogP contribution is 2.24. The summed E-state index contributed by atoms with van der Waals surface area (Å²) >= 11 is 0. The van der Waals surface area contributed by atoms with E-state index in [1.54, 1.807) is 0 Å². The first-order valence-electron chi connectivity index (χ1n) is 10.1. The average molecular weight is 381 g/mol. The van der Waals surface area contributed by atoms with Crippen molar-refractivity contribution in [2.45, 2.75) is 59.8 Å². The Morgan fingerprint density at radius 3 is 1.67 bits per heavy atom. The lowest BCUT2D eigenvalue weighted by Crippen LogP contribution is -2.13. The molecule has 4 nitrogen and oxygen atoms in total. The maximum atomic E-state index is 5.75. The van der Waals surface area contributed by atoms with E-state index in [1.807, 2.05) is 12.1 Å². The summed E-state index contributed by atoms with van der Waals surface area (Å²) in [6, 6.07) is 8.35. The van der Waals surface area contributed by atoms with E-state index in [-0.39, 0.29) is 5.41 Å². The predicted octanol–water partition coefficient (Wildman–Crippen LogP) is 5.24. The minimum atomic E-state index is 0.174. The fourth-order valence-electron chi connectivity index (χ4n) is 2.32. The summed E-state index contributed by atoms with van der Waals surface area (Å²) in [6.45, 7) is 17.9. The van der Waals surface area contributed by atoms with Crippen LogP contribution >= 0.6 is 0 Å². The van der Waals surface area contributed by atoms with Gasteiger partial charge in [-0.3, -0.25) is 0 Å². The quantitative estimate of drug-likeness (QED) is 0.439. The maximum Gasteiger partial charge on any atom is 0.119 e. The Bertz CT molecular complexity index is 483. The van der Waals surface area contributed by atoms with Crippen molar-refractivity contribution >= 4 is 0 Å². The van der Waals surface area contributed by atoms with Gasteiger partial charge in [-0.1, -0.05) is 53.7 Å². The van der Waals surface area contributed by atoms with Gasteiger partial charge in [0.2, 0.25) is 0 Å². The largest absolute Gasteiger partial charge is 0.494 e. The predicted molar refractivity (Wildman–Crippen MR) is 112 cm³/mol. The van der Waals surface area contributed by atoms with Crippen LogP contribution in [-0.4, -0.2) is 46.2 Å². The molecule has 27 heavy (non-hydrogen) atoms. The second kappa shape index (κ2) is 12.4. The highest BCUT2D eigenvalue weighted by atomic mass is 16.5. The molecule has 0 aliphatic heterocycles. The van der Waals surface area contributed by atoms with Gasteiger partial charge in [-0.15, -0.1) is 0 Å². The zero-order valence-electron chi connectivity index (χ0n) is 18.3. The molecule has 4 heteroatoms. The molecule has 0 aliphatic carbocycles. The first-order valence-corrected chi connectivity index (χ1v) is 10.1. The number of hydrogen-bond donors (Lipinski definition) is 0. The summed E-state index contributed by atoms with van der Waals surface area (Å²) in [4.78, 5) is 0. The van der Waals surface area contributed by atoms with Crippen molar-refractivity contribution in [1.82, 2.24) is 0 Å². The molecule has 0 N–H and O–H groups in total. The topological polar surface area (TPSA) is 36.9 Å². The SMILES string of the molecule is CC(C)(C)CCOCCOCCOCCCOc1ccc(C(C)(C)C)cc1. The lowest BCUT2D eigenvalue weighted by molar-refractivity contribution is 0.00885. The maximum absolute atomic E-state index is 5.75. The van der Waals surface area contributed by atoms with Gasteiger partial charge in [0.05, 0.1) is 33.0 Å². The van der Waals surface area contributed by atoms with Crippen LogP contribution < -0.4 is 4.74 Å². The Kier molecular flexibility index (Phi) is 11.0. The third kappa shape index (κ3) is 12.8. The van der Waals surface area contributed by atoms with Gasteiger partial charge in [-0.05, 0) is 34.9 Å². The zero-order chi connectivity index (χ0) is 20.2. The second-order valence-electron chi connectivity index (χ2n) is 9.12. The minimum absolute atomic E-state index is 0.174. The van der Waals surface area contributed by atoms with Crippen molar-refractivity contribution in [3.8, 4) is 5.75 Å². The molecule has 0 radical (unpaired) electrons. The van der Waals surface area contributed by atoms with Crippen LogP contribution in [0.3, 0.4) is 0 Å². The van der Waals surface area contributed by atoms with Crippen LogP contribution in [0.15, 0.2) is 24.3 Å². The molecule has 0 saturated heterocycles. The summed E-state index contributed by atoms with van der Waals surface area (Å²) in [7, 11) is 0. The first kappa shape index (κ1) is 23.9.